The molecule has 0 amide bonds. The van der Waals surface area contributed by atoms with Crippen molar-refractivity contribution in [3.8, 4) is 0 Å². The Hall–Kier alpha value is -1.82. The van der Waals surface area contributed by atoms with E-state index in [2.05, 4.69) is 29.1 Å². The van der Waals surface area contributed by atoms with E-state index in [-0.39, 0.29) is 5.97 Å². The molecule has 0 spiro atoms. The highest BCUT2D eigenvalue weighted by atomic mass is 32.1. The minimum Gasteiger partial charge on any atom is -0.461 e. The van der Waals surface area contributed by atoms with Crippen molar-refractivity contribution in [2.24, 2.45) is 0 Å². The summed E-state index contributed by atoms with van der Waals surface area (Å²) in [5.41, 5.74) is 2.59. The average molecular weight is 321 g/mol. The average Bonchev–Trinajstić information content (AvgIpc) is 3.08. The summed E-state index contributed by atoms with van der Waals surface area (Å²) < 4.78 is 7.02. The first-order valence-electron chi connectivity index (χ1n) is 7.62. The molecule has 0 saturated carbocycles. The second-order valence-corrected chi connectivity index (χ2v) is 5.88. The molecule has 6 heteroatoms. The van der Waals surface area contributed by atoms with Gasteiger partial charge in [-0.1, -0.05) is 0 Å². The topological polar surface area (TPSA) is 47.4 Å². The molecule has 2 heterocycles. The fourth-order valence-electron chi connectivity index (χ4n) is 2.35. The molecule has 0 atom stereocenters. The molecule has 0 aliphatic carbocycles. The minimum absolute atomic E-state index is 0.283. The van der Waals surface area contributed by atoms with Crippen LogP contribution in [0.5, 0.6) is 0 Å². The third-order valence-corrected chi connectivity index (χ3v) is 4.37. The van der Waals surface area contributed by atoms with Gasteiger partial charge < -0.3 is 14.2 Å². The highest BCUT2D eigenvalue weighted by Crippen LogP contribution is 2.21. The Morgan fingerprint density at radius 2 is 2.09 bits per heavy atom. The van der Waals surface area contributed by atoms with E-state index in [4.69, 9.17) is 4.74 Å². The summed E-state index contributed by atoms with van der Waals surface area (Å²) in [6, 6.07) is 1.86. The number of nitrogens with zero attached hydrogens (tertiary/aromatic N) is 3. The summed E-state index contributed by atoms with van der Waals surface area (Å²) in [7, 11) is 0. The van der Waals surface area contributed by atoms with E-state index < -0.39 is 0 Å². The maximum atomic E-state index is 12.0. The van der Waals surface area contributed by atoms with Crippen molar-refractivity contribution >= 4 is 22.4 Å². The highest BCUT2D eigenvalue weighted by molar-refractivity contribution is 7.13. The Balaban J connectivity index is 2.19. The fraction of sp³-hybridized carbons (Fsp3) is 0.500. The molecule has 5 nitrogen and oxygen atoms in total. The molecule has 0 bridgehead atoms. The molecule has 0 unspecified atom stereocenters. The first-order chi connectivity index (χ1) is 10.6. The van der Waals surface area contributed by atoms with Crippen molar-refractivity contribution in [1.82, 2.24) is 9.55 Å². The number of aromatic nitrogens is 2. The van der Waals surface area contributed by atoms with E-state index >= 15 is 0 Å². The number of thiazole rings is 1. The van der Waals surface area contributed by atoms with Gasteiger partial charge in [-0.25, -0.2) is 9.78 Å². The summed E-state index contributed by atoms with van der Waals surface area (Å²) >= 11 is 1.64. The van der Waals surface area contributed by atoms with Crippen LogP contribution in [0, 0.1) is 6.92 Å². The van der Waals surface area contributed by atoms with Crippen LogP contribution in [-0.2, 0) is 11.3 Å². The first-order valence-corrected chi connectivity index (χ1v) is 8.50. The van der Waals surface area contributed by atoms with Crippen LogP contribution in [0.1, 0.15) is 42.5 Å². The lowest BCUT2D eigenvalue weighted by Crippen LogP contribution is -2.21. The van der Waals surface area contributed by atoms with Crippen LogP contribution in [0.3, 0.4) is 0 Å². The highest BCUT2D eigenvalue weighted by Gasteiger charge is 2.15. The normalized spacial score (nSPS) is 10.7. The Morgan fingerprint density at radius 1 is 1.36 bits per heavy atom. The SMILES string of the molecule is CCOC(=O)c1cc(C)cn1Cc1csc(N(CC)CC)n1. The summed E-state index contributed by atoms with van der Waals surface area (Å²) in [5, 5.41) is 3.08. The number of aryl methyl sites for hydroxylation is 1. The van der Waals surface area contributed by atoms with E-state index in [1.54, 1.807) is 11.3 Å². The zero-order chi connectivity index (χ0) is 16.1. The second-order valence-electron chi connectivity index (χ2n) is 5.04. The van der Waals surface area contributed by atoms with Gasteiger partial charge in [-0.15, -0.1) is 11.3 Å². The van der Waals surface area contributed by atoms with Crippen LogP contribution >= 0.6 is 11.3 Å². The van der Waals surface area contributed by atoms with Gasteiger partial charge >= 0.3 is 5.97 Å². The zero-order valence-electron chi connectivity index (χ0n) is 13.6. The standard InChI is InChI=1S/C16H23N3O2S/c1-5-18(6-2)16-17-13(11-22-16)10-19-9-12(4)8-14(19)15(20)21-7-3/h8-9,11H,5-7,10H2,1-4H3. The lowest BCUT2D eigenvalue weighted by Gasteiger charge is -2.16. The number of carbonyl (C=O) groups is 1. The van der Waals surface area contributed by atoms with Crippen LogP contribution in [0.4, 0.5) is 5.13 Å². The van der Waals surface area contributed by atoms with Crippen molar-refractivity contribution in [3.63, 3.8) is 0 Å². The number of hydrogen-bond acceptors (Lipinski definition) is 5. The zero-order valence-corrected chi connectivity index (χ0v) is 14.4. The molecule has 22 heavy (non-hydrogen) atoms. The number of rotatable bonds is 7. The second kappa shape index (κ2) is 7.45. The molecular formula is C16H23N3O2S. The molecule has 0 aromatic carbocycles. The van der Waals surface area contributed by atoms with Gasteiger partial charge in [0.1, 0.15) is 5.69 Å². The summed E-state index contributed by atoms with van der Waals surface area (Å²) in [4.78, 5) is 18.9. The van der Waals surface area contributed by atoms with Gasteiger partial charge in [0.25, 0.3) is 0 Å². The van der Waals surface area contributed by atoms with E-state index in [1.807, 2.05) is 30.7 Å². The van der Waals surface area contributed by atoms with Crippen molar-refractivity contribution < 1.29 is 9.53 Å². The molecule has 2 rings (SSSR count). The number of carbonyl (C=O) groups excluding carboxylic acids is 1. The predicted molar refractivity (Wildman–Crippen MR) is 89.9 cm³/mol. The van der Waals surface area contributed by atoms with Crippen molar-refractivity contribution in [2.75, 3.05) is 24.6 Å². The Morgan fingerprint density at radius 3 is 2.73 bits per heavy atom. The molecule has 0 aliphatic heterocycles. The van der Waals surface area contributed by atoms with Gasteiger partial charge in [-0.2, -0.15) is 0 Å². The van der Waals surface area contributed by atoms with Crippen LogP contribution < -0.4 is 4.90 Å². The maximum absolute atomic E-state index is 12.0. The number of ether oxygens (including phenoxy) is 1. The molecular weight excluding hydrogens is 298 g/mol. The number of esters is 1. The smallest absolute Gasteiger partial charge is 0.354 e. The molecule has 120 valence electrons. The van der Waals surface area contributed by atoms with Crippen molar-refractivity contribution in [1.29, 1.82) is 0 Å². The molecule has 0 saturated heterocycles. The van der Waals surface area contributed by atoms with Crippen LogP contribution in [0.15, 0.2) is 17.6 Å². The maximum Gasteiger partial charge on any atom is 0.354 e. The van der Waals surface area contributed by atoms with E-state index in [1.165, 1.54) is 0 Å². The molecule has 2 aromatic rings. The first kappa shape index (κ1) is 16.5. The molecule has 2 aromatic heterocycles. The summed E-state index contributed by atoms with van der Waals surface area (Å²) in [6.45, 7) is 10.9. The summed E-state index contributed by atoms with van der Waals surface area (Å²) in [6.07, 6.45) is 1.96. The fourth-order valence-corrected chi connectivity index (χ4v) is 3.29. The molecule has 0 fully saturated rings. The third-order valence-electron chi connectivity index (χ3n) is 3.42. The van der Waals surface area contributed by atoms with Gasteiger partial charge in [0.15, 0.2) is 5.13 Å². The van der Waals surface area contributed by atoms with Crippen LogP contribution in [0.2, 0.25) is 0 Å². The number of anilines is 1. The molecule has 0 N–H and O–H groups in total. The third kappa shape index (κ3) is 3.68. The van der Waals surface area contributed by atoms with E-state index in [0.717, 1.165) is 29.5 Å². The number of hydrogen-bond donors (Lipinski definition) is 0. The Bertz CT molecular complexity index is 629. The van der Waals surface area contributed by atoms with Gasteiger partial charge in [0.05, 0.1) is 18.8 Å². The van der Waals surface area contributed by atoms with Gasteiger partial charge in [-0.05, 0) is 39.3 Å². The Kier molecular flexibility index (Phi) is 5.60. The van der Waals surface area contributed by atoms with E-state index in [0.29, 0.717) is 18.8 Å². The minimum atomic E-state index is -0.283. The van der Waals surface area contributed by atoms with Crippen molar-refractivity contribution in [3.05, 3.63) is 34.6 Å². The predicted octanol–water partition coefficient (Wildman–Crippen LogP) is 3.32. The quantitative estimate of drug-likeness (QED) is 0.734. The van der Waals surface area contributed by atoms with E-state index in [9.17, 15) is 4.79 Å². The molecule has 0 aliphatic rings. The lowest BCUT2D eigenvalue weighted by molar-refractivity contribution is 0.0514. The monoisotopic (exact) mass is 321 g/mol. The van der Waals surface area contributed by atoms with Crippen LogP contribution in [-0.4, -0.2) is 35.2 Å². The lowest BCUT2D eigenvalue weighted by atomic mass is 10.3. The summed E-state index contributed by atoms with van der Waals surface area (Å²) in [5.74, 6) is -0.283. The van der Waals surface area contributed by atoms with Gasteiger partial charge in [0.2, 0.25) is 0 Å². The largest absolute Gasteiger partial charge is 0.461 e. The Labute approximate surface area is 135 Å². The molecule has 0 radical (unpaired) electrons. The van der Waals surface area contributed by atoms with Gasteiger partial charge in [-0.3, -0.25) is 0 Å². The van der Waals surface area contributed by atoms with Crippen LogP contribution in [0.25, 0.3) is 0 Å². The van der Waals surface area contributed by atoms with Gasteiger partial charge in [0, 0.05) is 24.7 Å². The van der Waals surface area contributed by atoms with Crippen molar-refractivity contribution in [2.45, 2.75) is 34.2 Å².